The second-order valence-corrected chi connectivity index (χ2v) is 4.59. The average Bonchev–Trinajstić information content (AvgIpc) is 2.79. The maximum Gasteiger partial charge on any atom is 0.200 e. The van der Waals surface area contributed by atoms with E-state index >= 15 is 0 Å². The molecule has 2 atom stereocenters. The first-order valence-corrected chi connectivity index (χ1v) is 5.80. The van der Waals surface area contributed by atoms with Crippen molar-refractivity contribution in [3.63, 3.8) is 0 Å². The highest BCUT2D eigenvalue weighted by molar-refractivity contribution is 5.44. The maximum absolute atomic E-state index is 6.01. The van der Waals surface area contributed by atoms with Crippen LogP contribution in [0.5, 0.6) is 0 Å². The molecule has 1 aliphatic rings. The van der Waals surface area contributed by atoms with Crippen LogP contribution in [0.1, 0.15) is 13.3 Å². The van der Waals surface area contributed by atoms with Crippen molar-refractivity contribution in [2.24, 2.45) is 11.7 Å². The molecule has 7 heteroatoms. The zero-order chi connectivity index (χ0) is 11.8. The lowest BCUT2D eigenvalue weighted by atomic mass is 9.95. The summed E-state index contributed by atoms with van der Waals surface area (Å²) in [6, 6.07) is 4.12. The van der Waals surface area contributed by atoms with Crippen LogP contribution >= 0.6 is 0 Å². The van der Waals surface area contributed by atoms with Crippen molar-refractivity contribution in [2.75, 3.05) is 18.0 Å². The first kappa shape index (κ1) is 10.4. The predicted molar refractivity (Wildman–Crippen MR) is 62.5 cm³/mol. The van der Waals surface area contributed by atoms with Gasteiger partial charge < -0.3 is 10.6 Å². The van der Waals surface area contributed by atoms with Gasteiger partial charge in [-0.3, -0.25) is 0 Å². The monoisotopic (exact) mass is 233 g/mol. The Bertz CT molecular complexity index is 522. The van der Waals surface area contributed by atoms with Gasteiger partial charge in [0.2, 0.25) is 0 Å². The molecule has 17 heavy (non-hydrogen) atoms. The summed E-state index contributed by atoms with van der Waals surface area (Å²) >= 11 is 0. The molecule has 3 heterocycles. The van der Waals surface area contributed by atoms with Crippen LogP contribution in [0.2, 0.25) is 0 Å². The number of anilines is 1. The molecule has 7 nitrogen and oxygen atoms in total. The molecule has 0 aliphatic carbocycles. The highest BCUT2D eigenvalue weighted by Crippen LogP contribution is 2.20. The van der Waals surface area contributed by atoms with E-state index in [1.165, 1.54) is 4.63 Å². The standard InChI is InChI=1S/C10H15N7/c1-7-6-16(5-4-8(7)11)10-3-2-9-12-14-15-17(9)13-10/h2-3,7-8H,4-6,11H2,1H3. The normalized spacial score (nSPS) is 25.4. The third-order valence-corrected chi connectivity index (χ3v) is 3.35. The third kappa shape index (κ3) is 1.82. The van der Waals surface area contributed by atoms with Crippen molar-refractivity contribution < 1.29 is 0 Å². The summed E-state index contributed by atoms with van der Waals surface area (Å²) in [5.41, 5.74) is 6.67. The van der Waals surface area contributed by atoms with Gasteiger partial charge in [0.05, 0.1) is 0 Å². The van der Waals surface area contributed by atoms with Gasteiger partial charge in [-0.05, 0) is 34.9 Å². The van der Waals surface area contributed by atoms with E-state index in [9.17, 15) is 0 Å². The average molecular weight is 233 g/mol. The van der Waals surface area contributed by atoms with Crippen molar-refractivity contribution in [3.05, 3.63) is 12.1 Å². The van der Waals surface area contributed by atoms with Crippen molar-refractivity contribution in [1.82, 2.24) is 25.3 Å². The number of piperidine rings is 1. The fourth-order valence-electron chi connectivity index (χ4n) is 2.18. The molecule has 2 unspecified atom stereocenters. The summed E-state index contributed by atoms with van der Waals surface area (Å²) in [6.07, 6.45) is 0.997. The number of aromatic nitrogens is 5. The molecular formula is C10H15N7. The Morgan fingerprint density at radius 1 is 1.41 bits per heavy atom. The van der Waals surface area contributed by atoms with Crippen LogP contribution in [0.4, 0.5) is 5.82 Å². The molecule has 0 amide bonds. The molecule has 2 N–H and O–H groups in total. The molecule has 0 aromatic carbocycles. The van der Waals surface area contributed by atoms with Gasteiger partial charge in [0.1, 0.15) is 0 Å². The molecule has 3 rings (SSSR count). The minimum Gasteiger partial charge on any atom is -0.355 e. The summed E-state index contributed by atoms with van der Waals surface area (Å²) in [6.45, 7) is 4.04. The van der Waals surface area contributed by atoms with Gasteiger partial charge >= 0.3 is 0 Å². The largest absolute Gasteiger partial charge is 0.355 e. The molecule has 0 bridgehead atoms. The lowest BCUT2D eigenvalue weighted by molar-refractivity contribution is 0.380. The summed E-state index contributed by atoms with van der Waals surface area (Å²) < 4.78 is 1.45. The smallest absolute Gasteiger partial charge is 0.200 e. The SMILES string of the molecule is CC1CN(c2ccc3nnnn3n2)CCC1N. The van der Waals surface area contributed by atoms with E-state index in [0.29, 0.717) is 17.6 Å². The molecule has 1 aliphatic heterocycles. The van der Waals surface area contributed by atoms with Gasteiger partial charge in [-0.1, -0.05) is 6.92 Å². The van der Waals surface area contributed by atoms with Crippen LogP contribution in [0.25, 0.3) is 5.65 Å². The lowest BCUT2D eigenvalue weighted by Crippen LogP contribution is -2.46. The molecule has 1 saturated heterocycles. The van der Waals surface area contributed by atoms with E-state index < -0.39 is 0 Å². The highest BCUT2D eigenvalue weighted by Gasteiger charge is 2.24. The highest BCUT2D eigenvalue weighted by atomic mass is 15.6. The van der Waals surface area contributed by atoms with Crippen LogP contribution in [0.15, 0.2) is 12.1 Å². The van der Waals surface area contributed by atoms with Gasteiger partial charge in [0.25, 0.3) is 0 Å². The Hall–Kier alpha value is -1.76. The molecule has 1 fully saturated rings. The van der Waals surface area contributed by atoms with Gasteiger partial charge in [-0.15, -0.1) is 14.8 Å². The fraction of sp³-hybridized carbons (Fsp3) is 0.600. The summed E-state index contributed by atoms with van der Waals surface area (Å²) in [5.74, 6) is 1.39. The molecule has 90 valence electrons. The zero-order valence-electron chi connectivity index (χ0n) is 9.69. The van der Waals surface area contributed by atoms with E-state index in [2.05, 4.69) is 32.4 Å². The number of tetrazole rings is 1. The van der Waals surface area contributed by atoms with Crippen molar-refractivity contribution in [1.29, 1.82) is 0 Å². The van der Waals surface area contributed by atoms with Crippen LogP contribution in [-0.4, -0.2) is 44.4 Å². The second kappa shape index (κ2) is 3.92. The first-order chi connectivity index (χ1) is 8.24. The zero-order valence-corrected chi connectivity index (χ0v) is 9.69. The number of hydrogen-bond donors (Lipinski definition) is 1. The van der Waals surface area contributed by atoms with Crippen LogP contribution in [0, 0.1) is 5.92 Å². The summed E-state index contributed by atoms with van der Waals surface area (Å²) in [7, 11) is 0. The van der Waals surface area contributed by atoms with E-state index in [1.807, 2.05) is 12.1 Å². The quantitative estimate of drug-likeness (QED) is 0.727. The minimum atomic E-state index is 0.294. The predicted octanol–water partition coefficient (Wildman–Crippen LogP) is -0.307. The Morgan fingerprint density at radius 3 is 3.12 bits per heavy atom. The van der Waals surface area contributed by atoms with E-state index in [0.717, 1.165) is 25.3 Å². The van der Waals surface area contributed by atoms with Crippen LogP contribution in [-0.2, 0) is 0 Å². The molecule has 0 spiro atoms. The van der Waals surface area contributed by atoms with Crippen molar-refractivity contribution in [2.45, 2.75) is 19.4 Å². The van der Waals surface area contributed by atoms with Gasteiger partial charge in [-0.25, -0.2) is 0 Å². The van der Waals surface area contributed by atoms with Crippen LogP contribution < -0.4 is 10.6 Å². The van der Waals surface area contributed by atoms with Gasteiger partial charge in [-0.2, -0.15) is 0 Å². The Morgan fingerprint density at radius 2 is 2.29 bits per heavy atom. The third-order valence-electron chi connectivity index (χ3n) is 3.35. The van der Waals surface area contributed by atoms with E-state index in [4.69, 9.17) is 5.73 Å². The minimum absolute atomic E-state index is 0.294. The fourth-order valence-corrected chi connectivity index (χ4v) is 2.18. The van der Waals surface area contributed by atoms with E-state index in [-0.39, 0.29) is 0 Å². The number of hydrogen-bond acceptors (Lipinski definition) is 6. The maximum atomic E-state index is 6.01. The molecule has 0 saturated carbocycles. The molecule has 2 aromatic heterocycles. The number of nitrogens with two attached hydrogens (primary N) is 1. The van der Waals surface area contributed by atoms with Crippen molar-refractivity contribution >= 4 is 11.5 Å². The summed E-state index contributed by atoms with van der Waals surface area (Å²) in [5, 5.41) is 15.6. The number of rotatable bonds is 1. The first-order valence-electron chi connectivity index (χ1n) is 5.80. The van der Waals surface area contributed by atoms with Gasteiger partial charge in [0.15, 0.2) is 11.5 Å². The van der Waals surface area contributed by atoms with E-state index in [1.54, 1.807) is 0 Å². The van der Waals surface area contributed by atoms with Crippen molar-refractivity contribution in [3.8, 4) is 0 Å². The Kier molecular flexibility index (Phi) is 2.40. The van der Waals surface area contributed by atoms with Crippen LogP contribution in [0.3, 0.4) is 0 Å². The van der Waals surface area contributed by atoms with Gasteiger partial charge in [0, 0.05) is 19.1 Å². The summed E-state index contributed by atoms with van der Waals surface area (Å²) in [4.78, 5) is 2.23. The lowest BCUT2D eigenvalue weighted by Gasteiger charge is -2.35. The second-order valence-electron chi connectivity index (χ2n) is 4.59. The number of fused-ring (bicyclic) bond motifs is 1. The Labute approximate surface area is 98.6 Å². The number of nitrogens with zero attached hydrogens (tertiary/aromatic N) is 6. The molecular weight excluding hydrogens is 218 g/mol. The topological polar surface area (TPSA) is 85.2 Å². The molecule has 2 aromatic rings. The Balaban J connectivity index is 1.88. The molecule has 0 radical (unpaired) electrons.